The summed E-state index contributed by atoms with van der Waals surface area (Å²) in [6.07, 6.45) is -0.529. The number of hydrogen-bond acceptors (Lipinski definition) is 5. The van der Waals surface area contributed by atoms with Gasteiger partial charge in [-0.1, -0.05) is 42.5 Å². The number of rotatable bonds is 9. The molecule has 2 aromatic carbocycles. The summed E-state index contributed by atoms with van der Waals surface area (Å²) >= 11 is 1.62. The van der Waals surface area contributed by atoms with Gasteiger partial charge in [0.1, 0.15) is 10.8 Å². The number of aliphatic hydroxyl groups is 1. The van der Waals surface area contributed by atoms with Crippen molar-refractivity contribution in [3.63, 3.8) is 0 Å². The maximum absolute atomic E-state index is 10.5. The topological polar surface area (TPSA) is 78.8 Å². The molecule has 0 aliphatic heterocycles. The van der Waals surface area contributed by atoms with Crippen molar-refractivity contribution in [2.45, 2.75) is 39.5 Å². The highest BCUT2D eigenvalue weighted by atomic mass is 127. The van der Waals surface area contributed by atoms with E-state index in [0.29, 0.717) is 19.0 Å². The van der Waals surface area contributed by atoms with Gasteiger partial charge in [0.05, 0.1) is 24.4 Å². The van der Waals surface area contributed by atoms with Crippen LogP contribution in [0.1, 0.15) is 38.1 Å². The van der Waals surface area contributed by atoms with Gasteiger partial charge in [-0.15, -0.1) is 35.3 Å². The van der Waals surface area contributed by atoms with Crippen LogP contribution in [-0.4, -0.2) is 35.2 Å². The van der Waals surface area contributed by atoms with E-state index in [9.17, 15) is 5.11 Å². The maximum atomic E-state index is 10.5. The van der Waals surface area contributed by atoms with Crippen LogP contribution in [0.3, 0.4) is 0 Å². The number of aliphatic imine (C=N–C) groups is 1. The minimum absolute atomic E-state index is 0. The summed E-state index contributed by atoms with van der Waals surface area (Å²) in [7, 11) is 0. The van der Waals surface area contributed by atoms with Crippen LogP contribution in [0.2, 0.25) is 0 Å². The highest BCUT2D eigenvalue weighted by molar-refractivity contribution is 14.0. The summed E-state index contributed by atoms with van der Waals surface area (Å²) in [5, 5.41) is 20.0. The van der Waals surface area contributed by atoms with Gasteiger partial charge >= 0.3 is 0 Å². The molecule has 172 valence electrons. The zero-order valence-electron chi connectivity index (χ0n) is 18.6. The second kappa shape index (κ2) is 13.4. The summed E-state index contributed by atoms with van der Waals surface area (Å²) < 4.78 is 5.65. The molecule has 0 amide bonds. The van der Waals surface area contributed by atoms with Crippen molar-refractivity contribution in [3.8, 4) is 16.3 Å². The number of benzene rings is 2. The minimum Gasteiger partial charge on any atom is -0.491 e. The molecule has 8 heteroatoms. The fraction of sp³-hybridized carbons (Fsp3) is 0.333. The van der Waals surface area contributed by atoms with Crippen molar-refractivity contribution in [1.82, 2.24) is 15.6 Å². The zero-order valence-corrected chi connectivity index (χ0v) is 21.8. The minimum atomic E-state index is -0.652. The lowest BCUT2D eigenvalue weighted by molar-refractivity contribution is 0.180. The number of halogens is 1. The average molecular weight is 567 g/mol. The van der Waals surface area contributed by atoms with E-state index in [1.165, 1.54) is 0 Å². The first-order chi connectivity index (χ1) is 15.0. The van der Waals surface area contributed by atoms with Crippen LogP contribution < -0.4 is 15.4 Å². The SMILES string of the molecule is CCNC(=NCc1csc(-c2ccccc2)n1)NCC(O)c1ccc(OC(C)C)cc1.I. The first-order valence-corrected chi connectivity index (χ1v) is 11.4. The molecule has 3 N–H and O–H groups in total. The third-order valence-corrected chi connectivity index (χ3v) is 5.36. The number of nitrogens with zero attached hydrogens (tertiary/aromatic N) is 2. The number of aliphatic hydroxyl groups excluding tert-OH is 1. The van der Waals surface area contributed by atoms with Crippen molar-refractivity contribution in [1.29, 1.82) is 0 Å². The van der Waals surface area contributed by atoms with Crippen LogP contribution >= 0.6 is 35.3 Å². The van der Waals surface area contributed by atoms with E-state index in [1.807, 2.05) is 68.6 Å². The van der Waals surface area contributed by atoms with E-state index in [-0.39, 0.29) is 30.1 Å². The van der Waals surface area contributed by atoms with Gasteiger partial charge in [-0.3, -0.25) is 0 Å². The molecule has 0 spiro atoms. The van der Waals surface area contributed by atoms with Crippen molar-refractivity contribution in [3.05, 3.63) is 71.2 Å². The summed E-state index contributed by atoms with van der Waals surface area (Å²) in [5.41, 5.74) is 2.86. The molecule has 1 heterocycles. The summed E-state index contributed by atoms with van der Waals surface area (Å²) in [6.45, 7) is 7.54. The van der Waals surface area contributed by atoms with Crippen LogP contribution in [0.25, 0.3) is 10.6 Å². The fourth-order valence-corrected chi connectivity index (χ4v) is 3.76. The van der Waals surface area contributed by atoms with E-state index in [4.69, 9.17) is 4.74 Å². The highest BCUT2D eigenvalue weighted by Crippen LogP contribution is 2.23. The van der Waals surface area contributed by atoms with Crippen LogP contribution in [-0.2, 0) is 6.54 Å². The first kappa shape index (κ1) is 26.1. The molecule has 32 heavy (non-hydrogen) atoms. The zero-order chi connectivity index (χ0) is 22.1. The van der Waals surface area contributed by atoms with E-state index in [1.54, 1.807) is 11.3 Å². The summed E-state index contributed by atoms with van der Waals surface area (Å²) in [5.74, 6) is 1.45. The van der Waals surface area contributed by atoms with Gasteiger partial charge in [-0.25, -0.2) is 9.98 Å². The van der Waals surface area contributed by atoms with Crippen LogP contribution in [0.5, 0.6) is 5.75 Å². The third-order valence-electron chi connectivity index (χ3n) is 4.42. The molecule has 0 aliphatic rings. The normalized spacial score (nSPS) is 12.2. The van der Waals surface area contributed by atoms with E-state index in [0.717, 1.165) is 34.1 Å². The van der Waals surface area contributed by atoms with Crippen molar-refractivity contribution < 1.29 is 9.84 Å². The fourth-order valence-electron chi connectivity index (χ4n) is 2.95. The van der Waals surface area contributed by atoms with Gasteiger partial charge in [0.2, 0.25) is 0 Å². The average Bonchev–Trinajstić information content (AvgIpc) is 3.25. The Hall–Kier alpha value is -2.17. The largest absolute Gasteiger partial charge is 0.491 e. The molecular formula is C24H31IN4O2S. The van der Waals surface area contributed by atoms with Crippen LogP contribution in [0.15, 0.2) is 65.0 Å². The Morgan fingerprint density at radius 1 is 1.09 bits per heavy atom. The number of hydrogen-bond donors (Lipinski definition) is 3. The van der Waals surface area contributed by atoms with Gasteiger partial charge in [-0.05, 0) is 38.5 Å². The number of thiazole rings is 1. The molecule has 0 radical (unpaired) electrons. The number of aromatic nitrogens is 1. The molecule has 3 rings (SSSR count). The molecule has 0 fully saturated rings. The second-order valence-electron chi connectivity index (χ2n) is 7.34. The first-order valence-electron chi connectivity index (χ1n) is 10.5. The lowest BCUT2D eigenvalue weighted by atomic mass is 10.1. The molecule has 1 atom stereocenters. The predicted octanol–water partition coefficient (Wildman–Crippen LogP) is 5.00. The molecule has 0 bridgehead atoms. The van der Waals surface area contributed by atoms with Gasteiger partial charge in [0.25, 0.3) is 0 Å². The standard InChI is InChI=1S/C24H30N4O2S.HI/c1-4-25-24(26-14-20-16-31-23(28-20)19-8-6-5-7-9-19)27-15-22(29)18-10-12-21(13-11-18)30-17(2)3;/h5-13,16-17,22,29H,4,14-15H2,1-3H3,(H2,25,26,27);1H. The summed E-state index contributed by atoms with van der Waals surface area (Å²) in [6, 6.07) is 17.7. The lowest BCUT2D eigenvalue weighted by Gasteiger charge is -2.16. The van der Waals surface area contributed by atoms with E-state index >= 15 is 0 Å². The smallest absolute Gasteiger partial charge is 0.191 e. The Labute approximate surface area is 211 Å². The van der Waals surface area contributed by atoms with Gasteiger partial charge in [-0.2, -0.15) is 0 Å². The van der Waals surface area contributed by atoms with Gasteiger partial charge < -0.3 is 20.5 Å². The summed E-state index contributed by atoms with van der Waals surface area (Å²) in [4.78, 5) is 9.29. The van der Waals surface area contributed by atoms with Crippen molar-refractivity contribution in [2.24, 2.45) is 4.99 Å². The molecule has 6 nitrogen and oxygen atoms in total. The quantitative estimate of drug-likeness (QED) is 0.193. The third kappa shape index (κ3) is 8.07. The Morgan fingerprint density at radius 2 is 1.81 bits per heavy atom. The van der Waals surface area contributed by atoms with Gasteiger partial charge in [0.15, 0.2) is 5.96 Å². The Bertz CT molecular complexity index is 962. The Kier molecular flexibility index (Phi) is 10.9. The highest BCUT2D eigenvalue weighted by Gasteiger charge is 2.10. The molecular weight excluding hydrogens is 535 g/mol. The second-order valence-corrected chi connectivity index (χ2v) is 8.20. The van der Waals surface area contributed by atoms with E-state index < -0.39 is 6.10 Å². The number of guanidine groups is 1. The molecule has 1 aromatic heterocycles. The monoisotopic (exact) mass is 566 g/mol. The maximum Gasteiger partial charge on any atom is 0.191 e. The predicted molar refractivity (Wildman–Crippen MR) is 143 cm³/mol. The van der Waals surface area contributed by atoms with E-state index in [2.05, 4.69) is 32.7 Å². The van der Waals surface area contributed by atoms with Crippen LogP contribution in [0.4, 0.5) is 0 Å². The van der Waals surface area contributed by atoms with Gasteiger partial charge in [0, 0.05) is 24.0 Å². The molecule has 1 unspecified atom stereocenters. The number of ether oxygens (including phenoxy) is 1. The van der Waals surface area contributed by atoms with Crippen molar-refractivity contribution in [2.75, 3.05) is 13.1 Å². The van der Waals surface area contributed by atoms with Crippen molar-refractivity contribution >= 4 is 41.3 Å². The van der Waals surface area contributed by atoms with Crippen LogP contribution in [0, 0.1) is 0 Å². The molecule has 0 aliphatic carbocycles. The Morgan fingerprint density at radius 3 is 2.47 bits per heavy atom. The Balaban J connectivity index is 0.00000363. The molecule has 0 saturated heterocycles. The molecule has 0 saturated carbocycles. The molecule has 3 aromatic rings. The lowest BCUT2D eigenvalue weighted by Crippen LogP contribution is -2.39. The number of nitrogens with one attached hydrogen (secondary N) is 2.